The number of aromatic nitrogens is 3. The predicted octanol–water partition coefficient (Wildman–Crippen LogP) is 3.81. The molecule has 1 N–H and O–H groups in total. The maximum atomic E-state index is 12.5. The van der Waals surface area contributed by atoms with E-state index in [9.17, 15) is 4.79 Å². The molecule has 3 heterocycles. The molecule has 1 amide bonds. The second-order valence-electron chi connectivity index (χ2n) is 8.17. The Morgan fingerprint density at radius 2 is 2.14 bits per heavy atom. The van der Waals surface area contributed by atoms with Crippen LogP contribution in [0.5, 0.6) is 0 Å². The average molecular weight is 419 g/mol. The van der Waals surface area contributed by atoms with Crippen molar-refractivity contribution in [2.45, 2.75) is 76.2 Å². The summed E-state index contributed by atoms with van der Waals surface area (Å²) in [7, 11) is 0. The number of carbonyl (C=O) groups excluding carboxylic acids is 1. The molecular formula is C21H30N4O3S. The van der Waals surface area contributed by atoms with E-state index in [1.165, 1.54) is 31.0 Å². The summed E-state index contributed by atoms with van der Waals surface area (Å²) in [6.45, 7) is 5.65. The van der Waals surface area contributed by atoms with E-state index >= 15 is 0 Å². The number of ether oxygens (including phenoxy) is 1. The summed E-state index contributed by atoms with van der Waals surface area (Å²) in [5.41, 5.74) is 0.933. The Morgan fingerprint density at radius 1 is 1.28 bits per heavy atom. The second-order valence-corrected chi connectivity index (χ2v) is 9.11. The molecule has 0 aromatic carbocycles. The van der Waals surface area contributed by atoms with Crippen LogP contribution in [-0.2, 0) is 16.1 Å². The van der Waals surface area contributed by atoms with Gasteiger partial charge in [0.05, 0.1) is 30.2 Å². The van der Waals surface area contributed by atoms with Crippen LogP contribution >= 0.6 is 11.8 Å². The number of hydrogen-bond donors (Lipinski definition) is 1. The van der Waals surface area contributed by atoms with Gasteiger partial charge in [0, 0.05) is 12.6 Å². The number of rotatable bonds is 7. The first-order chi connectivity index (χ1) is 14.1. The molecule has 2 aromatic rings. The summed E-state index contributed by atoms with van der Waals surface area (Å²) < 4.78 is 13.4. The minimum absolute atomic E-state index is 0.0708. The molecule has 2 fully saturated rings. The second kappa shape index (κ2) is 9.34. The zero-order valence-corrected chi connectivity index (χ0v) is 18.0. The number of hydrogen-bond acceptors (Lipinski definition) is 6. The minimum atomic E-state index is 0.0708. The van der Waals surface area contributed by atoms with Crippen LogP contribution in [0.1, 0.15) is 51.2 Å². The molecule has 2 aromatic heterocycles. The van der Waals surface area contributed by atoms with Crippen LogP contribution in [-0.4, -0.2) is 45.2 Å². The van der Waals surface area contributed by atoms with E-state index < -0.39 is 0 Å². The first-order valence-electron chi connectivity index (χ1n) is 10.6. The Morgan fingerprint density at radius 3 is 2.86 bits per heavy atom. The number of aryl methyl sites for hydroxylation is 1. The molecule has 0 spiro atoms. The Balaban J connectivity index is 1.45. The molecule has 1 saturated heterocycles. The van der Waals surface area contributed by atoms with E-state index in [2.05, 4.69) is 27.0 Å². The maximum absolute atomic E-state index is 12.5. The van der Waals surface area contributed by atoms with Crippen molar-refractivity contribution in [3.8, 4) is 11.4 Å². The number of thioether (sulfide) groups is 1. The molecule has 1 aliphatic carbocycles. The molecule has 29 heavy (non-hydrogen) atoms. The van der Waals surface area contributed by atoms with Gasteiger partial charge in [0.1, 0.15) is 5.76 Å². The highest BCUT2D eigenvalue weighted by atomic mass is 32.2. The normalized spacial score (nSPS) is 24.7. The first kappa shape index (κ1) is 20.5. The lowest BCUT2D eigenvalue weighted by Gasteiger charge is -2.29. The number of nitrogens with one attached hydrogen (secondary N) is 1. The molecular weight excluding hydrogens is 388 g/mol. The maximum Gasteiger partial charge on any atom is 0.230 e. The van der Waals surface area contributed by atoms with Crippen molar-refractivity contribution in [3.63, 3.8) is 0 Å². The molecule has 0 bridgehead atoms. The van der Waals surface area contributed by atoms with Crippen molar-refractivity contribution in [1.29, 1.82) is 0 Å². The molecule has 4 rings (SSSR count). The van der Waals surface area contributed by atoms with Gasteiger partial charge in [0.25, 0.3) is 0 Å². The third-order valence-electron chi connectivity index (χ3n) is 6.02. The topological polar surface area (TPSA) is 82.2 Å². The van der Waals surface area contributed by atoms with Crippen molar-refractivity contribution in [2.75, 3.05) is 12.4 Å². The van der Waals surface area contributed by atoms with E-state index in [-0.39, 0.29) is 12.0 Å². The lowest BCUT2D eigenvalue weighted by atomic mass is 9.86. The monoisotopic (exact) mass is 418 g/mol. The van der Waals surface area contributed by atoms with Gasteiger partial charge in [0.15, 0.2) is 11.0 Å². The van der Waals surface area contributed by atoms with Crippen LogP contribution in [0.3, 0.4) is 0 Å². The third kappa shape index (κ3) is 4.86. The number of carbonyl (C=O) groups is 1. The standard InChI is InChI=1S/C21H30N4O3S/c1-14-6-3-4-8-18(14)22-19(26)13-29-21-24-23-20(17-9-11-27-15(17)2)25(21)12-16-7-5-10-28-16/h9,11,14,16,18H,3-8,10,12-13H2,1-2H3,(H,22,26)/t14-,16-,18-/m0/s1. The van der Waals surface area contributed by atoms with Crippen LogP contribution < -0.4 is 5.32 Å². The van der Waals surface area contributed by atoms with Gasteiger partial charge in [-0.05, 0) is 44.6 Å². The Labute approximate surface area is 176 Å². The highest BCUT2D eigenvalue weighted by Crippen LogP contribution is 2.29. The Kier molecular flexibility index (Phi) is 6.60. The molecule has 3 atom stereocenters. The summed E-state index contributed by atoms with van der Waals surface area (Å²) in [5, 5.41) is 12.8. The van der Waals surface area contributed by atoms with Crippen LogP contribution in [0, 0.1) is 12.8 Å². The summed E-state index contributed by atoms with van der Waals surface area (Å²) in [6.07, 6.45) is 8.69. The summed E-state index contributed by atoms with van der Waals surface area (Å²) in [4.78, 5) is 12.5. The van der Waals surface area contributed by atoms with Crippen molar-refractivity contribution in [1.82, 2.24) is 20.1 Å². The summed E-state index contributed by atoms with van der Waals surface area (Å²) >= 11 is 1.44. The van der Waals surface area contributed by atoms with Gasteiger partial charge >= 0.3 is 0 Å². The molecule has 8 heteroatoms. The minimum Gasteiger partial charge on any atom is -0.469 e. The van der Waals surface area contributed by atoms with Crippen molar-refractivity contribution in [3.05, 3.63) is 18.1 Å². The van der Waals surface area contributed by atoms with Crippen LogP contribution in [0.4, 0.5) is 0 Å². The van der Waals surface area contributed by atoms with E-state index in [1.54, 1.807) is 6.26 Å². The average Bonchev–Trinajstić information content (AvgIpc) is 3.44. The molecule has 0 radical (unpaired) electrons. The molecule has 1 aliphatic heterocycles. The lowest BCUT2D eigenvalue weighted by molar-refractivity contribution is -0.119. The SMILES string of the molecule is Cc1occc1-c1nnc(SCC(=O)N[C@H]2CCCC[C@@H]2C)n1C[C@@H]1CCCO1. The van der Waals surface area contributed by atoms with Gasteiger partial charge in [0.2, 0.25) is 5.91 Å². The first-order valence-corrected chi connectivity index (χ1v) is 11.6. The molecule has 1 saturated carbocycles. The quantitative estimate of drug-likeness (QED) is 0.689. The van der Waals surface area contributed by atoms with E-state index in [4.69, 9.17) is 9.15 Å². The Hall–Kier alpha value is -1.80. The van der Waals surface area contributed by atoms with Crippen molar-refractivity contribution < 1.29 is 13.9 Å². The smallest absolute Gasteiger partial charge is 0.230 e. The largest absolute Gasteiger partial charge is 0.469 e. The van der Waals surface area contributed by atoms with Gasteiger partial charge < -0.3 is 14.5 Å². The molecule has 7 nitrogen and oxygen atoms in total. The van der Waals surface area contributed by atoms with Crippen LogP contribution in [0.2, 0.25) is 0 Å². The van der Waals surface area contributed by atoms with Gasteiger partial charge in [-0.15, -0.1) is 10.2 Å². The Bertz CT molecular complexity index is 828. The molecule has 158 valence electrons. The number of amides is 1. The molecule has 0 unspecified atom stereocenters. The van der Waals surface area contributed by atoms with Crippen LogP contribution in [0.25, 0.3) is 11.4 Å². The molecule has 2 aliphatic rings. The number of furan rings is 1. The lowest BCUT2D eigenvalue weighted by Crippen LogP contribution is -2.41. The zero-order valence-electron chi connectivity index (χ0n) is 17.2. The number of nitrogens with zero attached hydrogens (tertiary/aromatic N) is 3. The van der Waals surface area contributed by atoms with Gasteiger partial charge in [-0.1, -0.05) is 31.5 Å². The van der Waals surface area contributed by atoms with Gasteiger partial charge in [-0.2, -0.15) is 0 Å². The zero-order chi connectivity index (χ0) is 20.2. The summed E-state index contributed by atoms with van der Waals surface area (Å²) in [6, 6.07) is 2.21. The fourth-order valence-corrected chi connectivity index (χ4v) is 5.04. The van der Waals surface area contributed by atoms with Gasteiger partial charge in [-0.3, -0.25) is 9.36 Å². The highest BCUT2D eigenvalue weighted by molar-refractivity contribution is 7.99. The van der Waals surface area contributed by atoms with Crippen molar-refractivity contribution >= 4 is 17.7 Å². The van der Waals surface area contributed by atoms with Gasteiger partial charge in [-0.25, -0.2) is 0 Å². The van der Waals surface area contributed by atoms with E-state index in [1.807, 2.05) is 13.0 Å². The van der Waals surface area contributed by atoms with Crippen LogP contribution in [0.15, 0.2) is 21.9 Å². The predicted molar refractivity (Wildman–Crippen MR) is 112 cm³/mol. The van der Waals surface area contributed by atoms with E-state index in [0.717, 1.165) is 48.2 Å². The fourth-order valence-electron chi connectivity index (χ4n) is 4.28. The van der Waals surface area contributed by atoms with Crippen molar-refractivity contribution in [2.24, 2.45) is 5.92 Å². The van der Waals surface area contributed by atoms with E-state index in [0.29, 0.717) is 24.3 Å². The summed E-state index contributed by atoms with van der Waals surface area (Å²) in [5.74, 6) is 2.55. The highest BCUT2D eigenvalue weighted by Gasteiger charge is 2.25. The third-order valence-corrected chi connectivity index (χ3v) is 6.98. The fraction of sp³-hybridized carbons (Fsp3) is 0.667.